The highest BCUT2D eigenvalue weighted by molar-refractivity contribution is 7.98. The van der Waals surface area contributed by atoms with E-state index in [2.05, 4.69) is 35.0 Å². The van der Waals surface area contributed by atoms with Crippen LogP contribution in [-0.2, 0) is 15.2 Å². The van der Waals surface area contributed by atoms with Crippen molar-refractivity contribution in [3.8, 4) is 0 Å². The van der Waals surface area contributed by atoms with Crippen molar-refractivity contribution in [3.63, 3.8) is 0 Å². The van der Waals surface area contributed by atoms with Crippen molar-refractivity contribution in [2.75, 3.05) is 70.6 Å². The topological polar surface area (TPSA) is 79.8 Å². The van der Waals surface area contributed by atoms with Crippen LogP contribution in [0.5, 0.6) is 0 Å². The van der Waals surface area contributed by atoms with E-state index in [9.17, 15) is 4.79 Å². The van der Waals surface area contributed by atoms with Gasteiger partial charge in [-0.05, 0) is 23.6 Å². The molecular weight excluding hydrogens is 450 g/mol. The molecule has 2 aliphatic rings. The summed E-state index contributed by atoms with van der Waals surface area (Å²) < 4.78 is 10.8. The molecule has 1 N–H and O–H groups in total. The van der Waals surface area contributed by atoms with Crippen molar-refractivity contribution in [2.24, 2.45) is 0 Å². The molecule has 1 aromatic carbocycles. The molecule has 8 nitrogen and oxygen atoms in total. The van der Waals surface area contributed by atoms with Crippen LogP contribution < -0.4 is 10.2 Å². The third-order valence-electron chi connectivity index (χ3n) is 6.04. The number of hydrogen-bond acceptors (Lipinski definition) is 8. The van der Waals surface area contributed by atoms with Crippen molar-refractivity contribution in [3.05, 3.63) is 47.2 Å². The zero-order valence-corrected chi connectivity index (χ0v) is 21.0. The van der Waals surface area contributed by atoms with Crippen molar-refractivity contribution in [1.82, 2.24) is 20.2 Å². The number of hydrogen-bond donors (Lipinski definition) is 1. The summed E-state index contributed by atoms with van der Waals surface area (Å²) in [5, 5.41) is 3.81. The maximum Gasteiger partial charge on any atom is 0.251 e. The third-order valence-corrected chi connectivity index (χ3v) is 6.96. The Bertz CT molecular complexity index is 929. The van der Waals surface area contributed by atoms with Gasteiger partial charge in [0.2, 0.25) is 0 Å². The highest BCUT2D eigenvalue weighted by Gasteiger charge is 2.17. The number of anilines is 1. The van der Waals surface area contributed by atoms with E-state index in [-0.39, 0.29) is 5.91 Å². The molecule has 184 valence electrons. The van der Waals surface area contributed by atoms with Gasteiger partial charge in [0, 0.05) is 62.3 Å². The minimum absolute atomic E-state index is 0.0319. The Labute approximate surface area is 206 Å². The van der Waals surface area contributed by atoms with Crippen LogP contribution in [0.2, 0.25) is 0 Å². The number of rotatable bonds is 9. The summed E-state index contributed by atoms with van der Waals surface area (Å²) in [5.74, 6) is 2.04. The van der Waals surface area contributed by atoms with E-state index < -0.39 is 0 Å². The second-order valence-electron chi connectivity index (χ2n) is 8.88. The van der Waals surface area contributed by atoms with Crippen LogP contribution in [-0.4, -0.2) is 86.5 Å². The predicted molar refractivity (Wildman–Crippen MR) is 135 cm³/mol. The molecule has 2 fully saturated rings. The van der Waals surface area contributed by atoms with E-state index in [1.54, 1.807) is 11.8 Å². The lowest BCUT2D eigenvalue weighted by Crippen LogP contribution is -2.41. The monoisotopic (exact) mass is 485 g/mol. The van der Waals surface area contributed by atoms with E-state index in [1.165, 1.54) is 0 Å². The van der Waals surface area contributed by atoms with Crippen LogP contribution in [0.1, 0.15) is 41.4 Å². The lowest BCUT2D eigenvalue weighted by atomic mass is 10.1. The average molecular weight is 486 g/mol. The summed E-state index contributed by atoms with van der Waals surface area (Å²) in [6, 6.07) is 9.92. The summed E-state index contributed by atoms with van der Waals surface area (Å²) in [6.45, 7) is 12.4. The van der Waals surface area contributed by atoms with E-state index in [1.807, 2.05) is 24.3 Å². The van der Waals surface area contributed by atoms with Gasteiger partial charge in [0.15, 0.2) is 5.16 Å². The number of carbonyl (C=O) groups excluding carboxylic acids is 1. The number of thioether (sulfide) groups is 1. The number of benzene rings is 1. The maximum absolute atomic E-state index is 12.5. The molecule has 9 heteroatoms. The Morgan fingerprint density at radius 2 is 1.71 bits per heavy atom. The molecule has 2 saturated heterocycles. The molecular formula is C25H35N5O3S. The number of amides is 1. The normalized spacial score (nSPS) is 17.2. The Balaban J connectivity index is 1.30. The molecule has 0 radical (unpaired) electrons. The van der Waals surface area contributed by atoms with Crippen LogP contribution in [0.15, 0.2) is 35.5 Å². The molecule has 34 heavy (non-hydrogen) atoms. The quantitative estimate of drug-likeness (QED) is 0.429. The van der Waals surface area contributed by atoms with Gasteiger partial charge in [-0.15, -0.1) is 0 Å². The Kier molecular flexibility index (Phi) is 9.15. The molecule has 1 aromatic heterocycles. The first-order valence-electron chi connectivity index (χ1n) is 12.1. The Morgan fingerprint density at radius 1 is 1.03 bits per heavy atom. The first-order chi connectivity index (χ1) is 16.6. The number of aromatic nitrogens is 2. The average Bonchev–Trinajstić information content (AvgIpc) is 2.88. The number of ether oxygens (including phenoxy) is 2. The molecule has 4 rings (SSSR count). The van der Waals surface area contributed by atoms with Gasteiger partial charge in [-0.1, -0.05) is 37.7 Å². The van der Waals surface area contributed by atoms with Crippen molar-refractivity contribution in [1.29, 1.82) is 0 Å². The van der Waals surface area contributed by atoms with Crippen LogP contribution in [0.25, 0.3) is 0 Å². The number of carbonyl (C=O) groups is 1. The van der Waals surface area contributed by atoms with Gasteiger partial charge in [0.25, 0.3) is 5.91 Å². The van der Waals surface area contributed by atoms with Gasteiger partial charge < -0.3 is 19.7 Å². The second kappa shape index (κ2) is 12.5. The highest BCUT2D eigenvalue weighted by atomic mass is 32.2. The minimum atomic E-state index is -0.0319. The first-order valence-corrected chi connectivity index (χ1v) is 13.1. The fraction of sp³-hybridized carbons (Fsp3) is 0.560. The number of nitrogens with zero attached hydrogens (tertiary/aromatic N) is 4. The molecule has 0 unspecified atom stereocenters. The number of morpholine rings is 2. The SMILES string of the molecule is CC(C)c1cc(N2CCOCC2)nc(SCc2ccc(C(=O)NCCN3CCOCC3)cc2)n1. The van der Waals surface area contributed by atoms with Gasteiger partial charge >= 0.3 is 0 Å². The molecule has 0 aliphatic carbocycles. The van der Waals surface area contributed by atoms with E-state index in [4.69, 9.17) is 19.4 Å². The molecule has 1 amide bonds. The molecule has 0 atom stereocenters. The Hall–Kier alpha value is -2.20. The molecule has 2 aliphatic heterocycles. The molecule has 0 bridgehead atoms. The Morgan fingerprint density at radius 3 is 2.38 bits per heavy atom. The maximum atomic E-state index is 12.5. The van der Waals surface area contributed by atoms with Crippen LogP contribution in [0.4, 0.5) is 5.82 Å². The van der Waals surface area contributed by atoms with E-state index in [0.29, 0.717) is 18.0 Å². The zero-order valence-electron chi connectivity index (χ0n) is 20.2. The summed E-state index contributed by atoms with van der Waals surface area (Å²) in [5.41, 5.74) is 2.88. The molecule has 3 heterocycles. The highest BCUT2D eigenvalue weighted by Crippen LogP contribution is 2.26. The zero-order chi connectivity index (χ0) is 23.8. The first kappa shape index (κ1) is 24.9. The van der Waals surface area contributed by atoms with Crippen molar-refractivity contribution in [2.45, 2.75) is 30.7 Å². The van der Waals surface area contributed by atoms with Gasteiger partial charge in [-0.25, -0.2) is 9.97 Å². The van der Waals surface area contributed by atoms with Crippen LogP contribution in [0, 0.1) is 0 Å². The van der Waals surface area contributed by atoms with Gasteiger partial charge in [0.1, 0.15) is 5.82 Å². The minimum Gasteiger partial charge on any atom is -0.379 e. The summed E-state index contributed by atoms with van der Waals surface area (Å²) in [7, 11) is 0. The second-order valence-corrected chi connectivity index (χ2v) is 9.83. The number of nitrogens with one attached hydrogen (secondary N) is 1. The van der Waals surface area contributed by atoms with Crippen molar-refractivity contribution >= 4 is 23.5 Å². The van der Waals surface area contributed by atoms with Crippen molar-refractivity contribution < 1.29 is 14.3 Å². The molecule has 2 aromatic rings. The fourth-order valence-corrected chi connectivity index (χ4v) is 4.72. The van der Waals surface area contributed by atoms with Gasteiger partial charge in [-0.2, -0.15) is 0 Å². The molecule has 0 saturated carbocycles. The van der Waals surface area contributed by atoms with Crippen LogP contribution >= 0.6 is 11.8 Å². The fourth-order valence-electron chi connectivity index (χ4n) is 3.90. The third kappa shape index (κ3) is 7.15. The van der Waals surface area contributed by atoms with Gasteiger partial charge in [-0.3, -0.25) is 9.69 Å². The lowest BCUT2D eigenvalue weighted by Gasteiger charge is -2.28. The smallest absolute Gasteiger partial charge is 0.251 e. The predicted octanol–water partition coefficient (Wildman–Crippen LogP) is 2.79. The standard InChI is InChI=1S/C25H35N5O3S/c1-19(2)22-17-23(30-11-15-33-16-12-30)28-25(27-22)34-18-20-3-5-21(6-4-20)24(31)26-7-8-29-9-13-32-14-10-29/h3-6,17,19H,7-16,18H2,1-2H3,(H,26,31). The van der Waals surface area contributed by atoms with Gasteiger partial charge in [0.05, 0.1) is 26.4 Å². The summed E-state index contributed by atoms with van der Waals surface area (Å²) in [6.07, 6.45) is 0. The van der Waals surface area contributed by atoms with E-state index in [0.717, 1.165) is 87.1 Å². The summed E-state index contributed by atoms with van der Waals surface area (Å²) >= 11 is 1.63. The van der Waals surface area contributed by atoms with E-state index >= 15 is 0 Å². The van der Waals surface area contributed by atoms with Crippen LogP contribution in [0.3, 0.4) is 0 Å². The summed E-state index contributed by atoms with van der Waals surface area (Å²) in [4.78, 5) is 26.7. The molecule has 0 spiro atoms. The lowest BCUT2D eigenvalue weighted by molar-refractivity contribution is 0.0383. The largest absolute Gasteiger partial charge is 0.379 e.